The van der Waals surface area contributed by atoms with Crippen molar-refractivity contribution in [2.45, 2.75) is 38.0 Å². The summed E-state index contributed by atoms with van der Waals surface area (Å²) in [5, 5.41) is 19.2. The van der Waals surface area contributed by atoms with Gasteiger partial charge in [-0.1, -0.05) is 43.0 Å². The molecule has 1 aliphatic carbocycles. The fourth-order valence-corrected chi connectivity index (χ4v) is 5.07. The van der Waals surface area contributed by atoms with Gasteiger partial charge in [0.05, 0.1) is 22.0 Å². The number of nitrogens with one attached hydrogen (secondary N) is 1. The van der Waals surface area contributed by atoms with Gasteiger partial charge in [0.15, 0.2) is 6.61 Å². The van der Waals surface area contributed by atoms with Gasteiger partial charge in [-0.2, -0.15) is 9.78 Å². The number of nitro groups is 1. The van der Waals surface area contributed by atoms with Crippen LogP contribution in [-0.2, 0) is 4.79 Å². The van der Waals surface area contributed by atoms with Crippen LogP contribution in [0.1, 0.15) is 49.4 Å². The van der Waals surface area contributed by atoms with E-state index in [0.717, 1.165) is 38.2 Å². The van der Waals surface area contributed by atoms with Gasteiger partial charge in [-0.05, 0) is 55.3 Å². The number of ether oxygens (including phenoxy) is 1. The molecule has 0 saturated heterocycles. The number of halogens is 2. The second kappa shape index (κ2) is 12.3. The Morgan fingerprint density at radius 3 is 2.63 bits per heavy atom. The first-order valence-electron chi connectivity index (χ1n) is 13.0. The second-order valence-corrected chi connectivity index (χ2v) is 10.1. The van der Waals surface area contributed by atoms with Crippen LogP contribution in [-0.4, -0.2) is 33.3 Å². The maximum absolute atomic E-state index is 13.5. The fourth-order valence-electron chi connectivity index (χ4n) is 4.85. The van der Waals surface area contributed by atoms with Crippen LogP contribution in [0.5, 0.6) is 5.75 Å². The summed E-state index contributed by atoms with van der Waals surface area (Å²) < 4.78 is 20.0. The molecule has 10 nitrogen and oxygen atoms in total. The molecule has 12 heteroatoms. The number of carbonyl (C=O) groups excluding carboxylic acids is 1. The molecule has 0 spiro atoms. The molecule has 4 aromatic rings. The van der Waals surface area contributed by atoms with E-state index in [4.69, 9.17) is 21.3 Å². The van der Waals surface area contributed by atoms with Crippen LogP contribution in [0.15, 0.2) is 70.6 Å². The van der Waals surface area contributed by atoms with Crippen molar-refractivity contribution in [2.24, 2.45) is 5.10 Å². The number of nitrogens with zero attached hydrogens (tertiary/aromatic N) is 4. The van der Waals surface area contributed by atoms with Crippen molar-refractivity contribution < 1.29 is 18.8 Å². The fraction of sp³-hybridized carbons (Fsp3) is 0.241. The summed E-state index contributed by atoms with van der Waals surface area (Å²) in [4.78, 5) is 41.9. The van der Waals surface area contributed by atoms with Gasteiger partial charge in [-0.25, -0.2) is 9.37 Å². The first-order valence-corrected chi connectivity index (χ1v) is 13.4. The molecule has 210 valence electrons. The highest BCUT2D eigenvalue weighted by Gasteiger charge is 2.24. The molecule has 0 atom stereocenters. The van der Waals surface area contributed by atoms with Gasteiger partial charge < -0.3 is 10.1 Å². The van der Waals surface area contributed by atoms with Crippen LogP contribution in [0.4, 0.5) is 15.8 Å². The van der Waals surface area contributed by atoms with E-state index < -0.39 is 28.9 Å². The first-order chi connectivity index (χ1) is 19.8. The average Bonchev–Trinajstić information content (AvgIpc) is 2.97. The molecular formula is C29H25ClFN5O5. The number of hydrogen-bond donors (Lipinski definition) is 1. The lowest BCUT2D eigenvalue weighted by molar-refractivity contribution is -0.385. The highest BCUT2D eigenvalue weighted by atomic mass is 35.5. The quantitative estimate of drug-likeness (QED) is 0.154. The summed E-state index contributed by atoms with van der Waals surface area (Å²) in [5.41, 5.74) is 0.133. The Balaban J connectivity index is 1.51. The van der Waals surface area contributed by atoms with Crippen LogP contribution in [0.2, 0.25) is 5.02 Å². The molecular weight excluding hydrogens is 553 g/mol. The summed E-state index contributed by atoms with van der Waals surface area (Å²) in [7, 11) is 0. The van der Waals surface area contributed by atoms with Crippen LogP contribution >= 0.6 is 11.6 Å². The SMILES string of the molecule is O=C(COc1c(C=Nn2c(C3CCCCC3)nc3ccccc3c2=O)cc(Cl)cc1[N+](=O)[O-])Nc1ccc(F)cc1. The molecule has 1 fully saturated rings. The van der Waals surface area contributed by atoms with Crippen molar-refractivity contribution in [3.63, 3.8) is 0 Å². The highest BCUT2D eigenvalue weighted by Crippen LogP contribution is 2.35. The Hall–Kier alpha value is -4.64. The molecule has 1 heterocycles. The van der Waals surface area contributed by atoms with Crippen molar-refractivity contribution >= 4 is 46.0 Å². The summed E-state index contributed by atoms with van der Waals surface area (Å²) in [6, 6.07) is 14.6. The molecule has 1 aliphatic rings. The number of benzene rings is 3. The molecule has 1 saturated carbocycles. The van der Waals surface area contributed by atoms with Gasteiger partial charge in [0.2, 0.25) is 5.75 Å². The Labute approximate surface area is 238 Å². The molecule has 5 rings (SSSR count). The number of nitro benzene ring substituents is 1. The summed E-state index contributed by atoms with van der Waals surface area (Å²) >= 11 is 6.18. The second-order valence-electron chi connectivity index (χ2n) is 9.63. The zero-order valence-corrected chi connectivity index (χ0v) is 22.5. The number of hydrogen-bond acceptors (Lipinski definition) is 7. The number of amides is 1. The van der Waals surface area contributed by atoms with Crippen molar-refractivity contribution in [1.82, 2.24) is 9.66 Å². The van der Waals surface area contributed by atoms with Gasteiger partial charge in [-0.3, -0.25) is 19.7 Å². The van der Waals surface area contributed by atoms with E-state index in [1.165, 1.54) is 41.2 Å². The molecule has 1 amide bonds. The number of rotatable bonds is 8. The number of anilines is 1. The Morgan fingerprint density at radius 2 is 1.90 bits per heavy atom. The minimum absolute atomic E-state index is 0.0257. The van der Waals surface area contributed by atoms with Gasteiger partial charge in [0.25, 0.3) is 11.5 Å². The highest BCUT2D eigenvalue weighted by molar-refractivity contribution is 6.31. The minimum atomic E-state index is -0.687. The van der Waals surface area contributed by atoms with E-state index in [2.05, 4.69) is 10.4 Å². The third-order valence-electron chi connectivity index (χ3n) is 6.80. The number of aromatic nitrogens is 2. The number of carbonyl (C=O) groups is 1. The topological polar surface area (TPSA) is 129 Å². The van der Waals surface area contributed by atoms with Gasteiger partial charge >= 0.3 is 5.69 Å². The van der Waals surface area contributed by atoms with E-state index in [-0.39, 0.29) is 27.8 Å². The van der Waals surface area contributed by atoms with Gasteiger partial charge in [-0.15, -0.1) is 0 Å². The lowest BCUT2D eigenvalue weighted by Crippen LogP contribution is -2.25. The molecule has 41 heavy (non-hydrogen) atoms. The number of para-hydroxylation sites is 1. The standard InChI is InChI=1S/C29H25ClFN5O5/c30-20-14-19(27(25(15-20)36(39)40)41-17-26(37)33-22-12-10-21(31)11-13-22)16-32-35-28(18-6-2-1-3-7-18)34-24-9-5-4-8-23(24)29(35)38/h4-5,8-16,18H,1-3,6-7,17H2,(H,33,37). The van der Waals surface area contributed by atoms with Crippen LogP contribution in [0.3, 0.4) is 0 Å². The Bertz CT molecular complexity index is 1700. The molecule has 1 aromatic heterocycles. The van der Waals surface area contributed by atoms with Gasteiger partial charge in [0.1, 0.15) is 11.6 Å². The van der Waals surface area contributed by atoms with Crippen molar-refractivity contribution in [2.75, 3.05) is 11.9 Å². The van der Waals surface area contributed by atoms with Crippen molar-refractivity contribution in [3.8, 4) is 5.75 Å². The van der Waals surface area contributed by atoms with Gasteiger partial charge in [0, 0.05) is 28.3 Å². The number of fused-ring (bicyclic) bond motifs is 1. The maximum Gasteiger partial charge on any atom is 0.313 e. The Morgan fingerprint density at radius 1 is 1.17 bits per heavy atom. The largest absolute Gasteiger partial charge is 0.476 e. The average molecular weight is 578 g/mol. The van der Waals surface area contributed by atoms with E-state index in [1.54, 1.807) is 18.2 Å². The zero-order chi connectivity index (χ0) is 28.9. The predicted octanol–water partition coefficient (Wildman–Crippen LogP) is 6.04. The normalized spacial score (nSPS) is 13.9. The lowest BCUT2D eigenvalue weighted by Gasteiger charge is -2.22. The van der Waals surface area contributed by atoms with E-state index >= 15 is 0 Å². The Kier molecular flexibility index (Phi) is 8.34. The molecule has 0 unspecified atom stereocenters. The molecule has 0 aliphatic heterocycles. The first kappa shape index (κ1) is 27.9. The van der Waals surface area contributed by atoms with E-state index in [9.17, 15) is 24.1 Å². The van der Waals surface area contributed by atoms with Crippen molar-refractivity contribution in [3.05, 3.63) is 103 Å². The minimum Gasteiger partial charge on any atom is -0.476 e. The van der Waals surface area contributed by atoms with Crippen LogP contribution in [0, 0.1) is 15.9 Å². The summed E-state index contributed by atoms with van der Waals surface area (Å²) in [6.45, 7) is -0.592. The molecule has 1 N–H and O–H groups in total. The molecule has 3 aromatic carbocycles. The smallest absolute Gasteiger partial charge is 0.313 e. The van der Waals surface area contributed by atoms with Crippen molar-refractivity contribution in [1.29, 1.82) is 0 Å². The zero-order valence-electron chi connectivity index (χ0n) is 21.8. The summed E-state index contributed by atoms with van der Waals surface area (Å²) in [5.74, 6) is -0.802. The van der Waals surface area contributed by atoms with Crippen LogP contribution in [0.25, 0.3) is 10.9 Å². The molecule has 0 radical (unpaired) electrons. The monoisotopic (exact) mass is 577 g/mol. The molecule has 0 bridgehead atoms. The third-order valence-corrected chi connectivity index (χ3v) is 7.01. The summed E-state index contributed by atoms with van der Waals surface area (Å²) in [6.07, 6.45) is 6.10. The lowest BCUT2D eigenvalue weighted by atomic mass is 9.88. The maximum atomic E-state index is 13.5. The van der Waals surface area contributed by atoms with E-state index in [1.807, 2.05) is 6.07 Å². The van der Waals surface area contributed by atoms with E-state index in [0.29, 0.717) is 22.4 Å². The predicted molar refractivity (Wildman–Crippen MR) is 153 cm³/mol. The third kappa shape index (κ3) is 6.41. The van der Waals surface area contributed by atoms with Crippen LogP contribution < -0.4 is 15.6 Å².